The number of imide groups is 1. The number of aryl methyl sites for hydroxylation is 1. The molecule has 0 radical (unpaired) electrons. The molecule has 3 rings (SSSR count). The molecular weight excluding hydrogens is 420 g/mol. The van der Waals surface area contributed by atoms with E-state index in [0.717, 1.165) is 22.4 Å². The topological polar surface area (TPSA) is 84.9 Å². The monoisotopic (exact) mass is 452 g/mol. The Hall–Kier alpha value is -3.19. The summed E-state index contributed by atoms with van der Waals surface area (Å²) < 4.78 is 10.3. The Balaban J connectivity index is 1.75. The molecule has 2 aromatic carbocycles. The van der Waals surface area contributed by atoms with E-state index in [2.05, 4.69) is 5.32 Å². The van der Waals surface area contributed by atoms with Gasteiger partial charge in [0.1, 0.15) is 5.75 Å². The van der Waals surface area contributed by atoms with Gasteiger partial charge in [0.15, 0.2) is 0 Å². The van der Waals surface area contributed by atoms with Crippen molar-refractivity contribution < 1.29 is 23.9 Å². The Morgan fingerprint density at radius 3 is 2.64 bits per heavy atom. The lowest BCUT2D eigenvalue weighted by molar-refractivity contribution is -0.141. The minimum atomic E-state index is -1.18. The quantitative estimate of drug-likeness (QED) is 0.419. The maximum atomic E-state index is 13.6. The van der Waals surface area contributed by atoms with E-state index in [1.54, 1.807) is 14.2 Å². The predicted molar refractivity (Wildman–Crippen MR) is 125 cm³/mol. The Morgan fingerprint density at radius 2 is 1.91 bits per heavy atom. The molecule has 1 N–H and O–H groups in total. The van der Waals surface area contributed by atoms with Gasteiger partial charge >= 0.3 is 0 Å². The first-order valence-corrected chi connectivity index (χ1v) is 11.2. The molecule has 0 saturated carbocycles. The number of carbonyl (C=O) groups excluding carboxylic acids is 3. The molecule has 0 aliphatic carbocycles. The van der Waals surface area contributed by atoms with Gasteiger partial charge in [-0.3, -0.25) is 19.3 Å². The van der Waals surface area contributed by atoms with Crippen LogP contribution < -0.4 is 10.1 Å². The summed E-state index contributed by atoms with van der Waals surface area (Å²) in [6.45, 7) is 3.08. The van der Waals surface area contributed by atoms with E-state index in [0.29, 0.717) is 26.0 Å². The van der Waals surface area contributed by atoms with E-state index in [4.69, 9.17) is 9.47 Å². The van der Waals surface area contributed by atoms with E-state index < -0.39 is 5.41 Å². The molecule has 7 heteroatoms. The smallest absolute Gasteiger partial charge is 0.240 e. The third kappa shape index (κ3) is 5.60. The minimum Gasteiger partial charge on any atom is -0.497 e. The summed E-state index contributed by atoms with van der Waals surface area (Å²) in [4.78, 5) is 40.7. The number of amides is 3. The predicted octanol–water partition coefficient (Wildman–Crippen LogP) is 2.79. The van der Waals surface area contributed by atoms with Crippen molar-refractivity contribution in [3.8, 4) is 5.75 Å². The molecule has 1 heterocycles. The lowest BCUT2D eigenvalue weighted by Gasteiger charge is -2.28. The lowest BCUT2D eigenvalue weighted by atomic mass is 9.74. The summed E-state index contributed by atoms with van der Waals surface area (Å²) in [5.41, 5.74) is 1.48. The van der Waals surface area contributed by atoms with Crippen molar-refractivity contribution in [2.75, 3.05) is 33.9 Å². The van der Waals surface area contributed by atoms with Crippen LogP contribution in [0.4, 0.5) is 0 Å². The summed E-state index contributed by atoms with van der Waals surface area (Å²) in [7, 11) is 3.20. The molecule has 1 aliphatic rings. The number of nitrogens with one attached hydrogen (secondary N) is 1. The molecule has 2 aromatic rings. The van der Waals surface area contributed by atoms with Gasteiger partial charge in [-0.15, -0.1) is 0 Å². The van der Waals surface area contributed by atoms with Crippen molar-refractivity contribution in [2.24, 2.45) is 0 Å². The van der Waals surface area contributed by atoms with Gasteiger partial charge in [-0.2, -0.15) is 0 Å². The van der Waals surface area contributed by atoms with Crippen molar-refractivity contribution in [3.63, 3.8) is 0 Å². The van der Waals surface area contributed by atoms with Crippen molar-refractivity contribution in [1.29, 1.82) is 0 Å². The van der Waals surface area contributed by atoms with E-state index in [1.807, 2.05) is 55.5 Å². The number of rotatable bonds is 11. The van der Waals surface area contributed by atoms with Crippen molar-refractivity contribution in [1.82, 2.24) is 10.2 Å². The van der Waals surface area contributed by atoms with Gasteiger partial charge in [0.2, 0.25) is 17.7 Å². The standard InChI is InChI=1S/C26H32N2O5/c1-19-8-4-5-11-22(19)26(18-24(30)28(25(26)31)14-7-15-32-2)17-23(29)27-13-12-20-9-6-10-21(16-20)33-3/h4-6,8-11,16H,7,12-15,17-18H2,1-3H3,(H,27,29). The fourth-order valence-electron chi connectivity index (χ4n) is 4.46. The van der Waals surface area contributed by atoms with E-state index in [-0.39, 0.29) is 37.1 Å². The average Bonchev–Trinajstić information content (AvgIpc) is 3.04. The summed E-state index contributed by atoms with van der Waals surface area (Å²) in [5.74, 6) is -0.0358. The summed E-state index contributed by atoms with van der Waals surface area (Å²) >= 11 is 0. The van der Waals surface area contributed by atoms with Crippen molar-refractivity contribution in [3.05, 3.63) is 65.2 Å². The van der Waals surface area contributed by atoms with Gasteiger partial charge in [-0.25, -0.2) is 0 Å². The first-order chi connectivity index (χ1) is 15.9. The average molecular weight is 453 g/mol. The number of hydrogen-bond donors (Lipinski definition) is 1. The van der Waals surface area contributed by atoms with Crippen LogP contribution in [0, 0.1) is 6.92 Å². The maximum Gasteiger partial charge on any atom is 0.240 e. The number of hydrogen-bond acceptors (Lipinski definition) is 5. The van der Waals surface area contributed by atoms with E-state index >= 15 is 0 Å². The van der Waals surface area contributed by atoms with Gasteiger partial charge in [0.05, 0.1) is 12.5 Å². The molecule has 1 saturated heterocycles. The molecule has 1 atom stereocenters. The normalized spacial score (nSPS) is 18.0. The van der Waals surface area contributed by atoms with Crippen LogP contribution in [0.15, 0.2) is 48.5 Å². The second kappa shape index (κ2) is 11.1. The molecular formula is C26H32N2O5. The number of likely N-dealkylation sites (tertiary alicyclic amines) is 1. The van der Waals surface area contributed by atoms with Gasteiger partial charge < -0.3 is 14.8 Å². The highest BCUT2D eigenvalue weighted by atomic mass is 16.5. The van der Waals surface area contributed by atoms with Crippen molar-refractivity contribution >= 4 is 17.7 Å². The molecule has 1 aliphatic heterocycles. The summed E-state index contributed by atoms with van der Waals surface area (Å²) in [6.07, 6.45) is 1.12. The number of methoxy groups -OCH3 is 2. The van der Waals surface area contributed by atoms with Crippen LogP contribution in [0.5, 0.6) is 5.75 Å². The first-order valence-electron chi connectivity index (χ1n) is 11.2. The SMILES string of the molecule is COCCCN1C(=O)CC(CC(=O)NCCc2cccc(OC)c2)(c2ccccc2C)C1=O. The Kier molecular flexibility index (Phi) is 8.22. The molecule has 3 amide bonds. The van der Waals surface area contributed by atoms with Gasteiger partial charge in [-0.1, -0.05) is 36.4 Å². The summed E-state index contributed by atoms with van der Waals surface area (Å²) in [6, 6.07) is 15.2. The van der Waals surface area contributed by atoms with Crippen LogP contribution in [-0.4, -0.2) is 56.5 Å². The maximum absolute atomic E-state index is 13.6. The van der Waals surface area contributed by atoms with Crippen LogP contribution >= 0.6 is 0 Å². The Labute approximate surface area is 195 Å². The van der Waals surface area contributed by atoms with Crippen LogP contribution in [-0.2, 0) is 31.0 Å². The molecule has 0 spiro atoms. The largest absolute Gasteiger partial charge is 0.497 e. The molecule has 1 fully saturated rings. The number of carbonyl (C=O) groups is 3. The second-order valence-corrected chi connectivity index (χ2v) is 8.40. The van der Waals surface area contributed by atoms with Gasteiger partial charge in [-0.05, 0) is 48.6 Å². The Bertz CT molecular complexity index is 1010. The Morgan fingerprint density at radius 1 is 1.12 bits per heavy atom. The van der Waals surface area contributed by atoms with E-state index in [1.165, 1.54) is 4.90 Å². The zero-order valence-electron chi connectivity index (χ0n) is 19.6. The molecule has 1 unspecified atom stereocenters. The highest BCUT2D eigenvalue weighted by Gasteiger charge is 2.53. The fourth-order valence-corrected chi connectivity index (χ4v) is 4.46. The fraction of sp³-hybridized carbons (Fsp3) is 0.423. The van der Waals surface area contributed by atoms with Crippen LogP contribution in [0.2, 0.25) is 0 Å². The highest BCUT2D eigenvalue weighted by molar-refractivity contribution is 6.10. The lowest BCUT2D eigenvalue weighted by Crippen LogP contribution is -2.43. The molecule has 0 bridgehead atoms. The van der Waals surface area contributed by atoms with Gasteiger partial charge in [0.25, 0.3) is 0 Å². The zero-order chi connectivity index (χ0) is 23.8. The number of benzene rings is 2. The second-order valence-electron chi connectivity index (χ2n) is 8.40. The number of ether oxygens (including phenoxy) is 2. The first kappa shape index (κ1) is 24.5. The third-order valence-electron chi connectivity index (χ3n) is 6.13. The number of nitrogens with zero attached hydrogens (tertiary/aromatic N) is 1. The molecule has 7 nitrogen and oxygen atoms in total. The van der Waals surface area contributed by atoms with E-state index in [9.17, 15) is 14.4 Å². The van der Waals surface area contributed by atoms with Crippen LogP contribution in [0.1, 0.15) is 36.0 Å². The molecule has 176 valence electrons. The molecule has 33 heavy (non-hydrogen) atoms. The zero-order valence-corrected chi connectivity index (χ0v) is 19.6. The van der Waals surface area contributed by atoms with Crippen molar-refractivity contribution in [2.45, 2.75) is 38.0 Å². The summed E-state index contributed by atoms with van der Waals surface area (Å²) in [5, 5.41) is 2.93. The van der Waals surface area contributed by atoms with Crippen LogP contribution in [0.3, 0.4) is 0 Å². The third-order valence-corrected chi connectivity index (χ3v) is 6.13. The van der Waals surface area contributed by atoms with Crippen LogP contribution in [0.25, 0.3) is 0 Å². The minimum absolute atomic E-state index is 0.00697. The molecule has 0 aromatic heterocycles. The highest BCUT2D eigenvalue weighted by Crippen LogP contribution is 2.41. The van der Waals surface area contributed by atoms with Gasteiger partial charge in [0, 0.05) is 39.6 Å².